The molecule has 1 saturated heterocycles. The van der Waals surface area contributed by atoms with Crippen LogP contribution in [-0.4, -0.2) is 31.1 Å². The molecule has 16 heavy (non-hydrogen) atoms. The molecule has 0 aliphatic carbocycles. The molecule has 3 nitrogen and oxygen atoms in total. The minimum Gasteiger partial charge on any atom is -0.468 e. The fourth-order valence-electron chi connectivity index (χ4n) is 2.23. The van der Waals surface area contributed by atoms with E-state index in [4.69, 9.17) is 4.42 Å². The summed E-state index contributed by atoms with van der Waals surface area (Å²) >= 11 is 0. The number of piperidine rings is 1. The standard InChI is InChI=1S/C12H20N2O.ClH/c1-10(12-6-4-8-15-12)14(2)11-5-3-7-13-9-11;/h4,6,8,10-11,13H,3,5,7,9H2,1-2H3;1H/t10?,11-;/m0./s1. The van der Waals surface area contributed by atoms with Crippen LogP contribution in [0.15, 0.2) is 22.8 Å². The van der Waals surface area contributed by atoms with E-state index in [9.17, 15) is 0 Å². The Labute approximate surface area is 104 Å². The fraction of sp³-hybridized carbons (Fsp3) is 0.667. The van der Waals surface area contributed by atoms with Crippen LogP contribution in [0.2, 0.25) is 0 Å². The monoisotopic (exact) mass is 244 g/mol. The fourth-order valence-corrected chi connectivity index (χ4v) is 2.23. The van der Waals surface area contributed by atoms with E-state index in [2.05, 4.69) is 30.3 Å². The Hall–Kier alpha value is -0.510. The van der Waals surface area contributed by atoms with Gasteiger partial charge in [0.05, 0.1) is 12.3 Å². The van der Waals surface area contributed by atoms with Gasteiger partial charge in [0.25, 0.3) is 0 Å². The van der Waals surface area contributed by atoms with Crippen molar-refractivity contribution in [1.29, 1.82) is 0 Å². The molecule has 1 unspecified atom stereocenters. The highest BCUT2D eigenvalue weighted by molar-refractivity contribution is 5.85. The topological polar surface area (TPSA) is 28.4 Å². The Morgan fingerprint density at radius 3 is 2.94 bits per heavy atom. The van der Waals surface area contributed by atoms with Crippen molar-refractivity contribution in [2.45, 2.75) is 31.8 Å². The van der Waals surface area contributed by atoms with E-state index in [0.717, 1.165) is 12.3 Å². The number of rotatable bonds is 3. The van der Waals surface area contributed by atoms with Crippen LogP contribution in [0.25, 0.3) is 0 Å². The number of hydrogen-bond donors (Lipinski definition) is 1. The summed E-state index contributed by atoms with van der Waals surface area (Å²) in [6.07, 6.45) is 4.31. The van der Waals surface area contributed by atoms with Gasteiger partial charge in [-0.05, 0) is 45.5 Å². The molecule has 0 bridgehead atoms. The summed E-state index contributed by atoms with van der Waals surface area (Å²) in [5, 5.41) is 3.44. The normalized spacial score (nSPS) is 22.8. The minimum atomic E-state index is 0. The van der Waals surface area contributed by atoms with Gasteiger partial charge in [-0.15, -0.1) is 12.4 Å². The summed E-state index contributed by atoms with van der Waals surface area (Å²) in [5.74, 6) is 1.06. The lowest BCUT2D eigenvalue weighted by Crippen LogP contribution is -2.44. The van der Waals surface area contributed by atoms with Gasteiger partial charge in [-0.2, -0.15) is 0 Å². The van der Waals surface area contributed by atoms with Crippen LogP contribution in [0.5, 0.6) is 0 Å². The third kappa shape index (κ3) is 3.00. The highest BCUT2D eigenvalue weighted by Gasteiger charge is 2.23. The van der Waals surface area contributed by atoms with Gasteiger partial charge < -0.3 is 9.73 Å². The zero-order valence-electron chi connectivity index (χ0n) is 9.98. The van der Waals surface area contributed by atoms with Crippen molar-refractivity contribution >= 4 is 12.4 Å². The molecule has 0 spiro atoms. The van der Waals surface area contributed by atoms with Crippen molar-refractivity contribution in [3.63, 3.8) is 0 Å². The van der Waals surface area contributed by atoms with Crippen molar-refractivity contribution in [2.24, 2.45) is 0 Å². The lowest BCUT2D eigenvalue weighted by Gasteiger charge is -2.35. The van der Waals surface area contributed by atoms with Gasteiger partial charge in [-0.3, -0.25) is 4.90 Å². The van der Waals surface area contributed by atoms with Gasteiger partial charge in [0.15, 0.2) is 0 Å². The van der Waals surface area contributed by atoms with Crippen LogP contribution in [0, 0.1) is 0 Å². The quantitative estimate of drug-likeness (QED) is 0.886. The molecule has 0 saturated carbocycles. The van der Waals surface area contributed by atoms with Gasteiger partial charge in [-0.25, -0.2) is 0 Å². The van der Waals surface area contributed by atoms with Crippen molar-refractivity contribution in [2.75, 3.05) is 20.1 Å². The van der Waals surface area contributed by atoms with Gasteiger partial charge in [0.2, 0.25) is 0 Å². The zero-order chi connectivity index (χ0) is 10.7. The highest BCUT2D eigenvalue weighted by Crippen LogP contribution is 2.23. The van der Waals surface area contributed by atoms with Crippen molar-refractivity contribution < 1.29 is 4.42 Å². The largest absolute Gasteiger partial charge is 0.468 e. The van der Waals surface area contributed by atoms with Gasteiger partial charge in [0, 0.05) is 12.6 Å². The second kappa shape index (κ2) is 6.28. The van der Waals surface area contributed by atoms with Crippen LogP contribution in [-0.2, 0) is 0 Å². The van der Waals surface area contributed by atoms with Crippen LogP contribution >= 0.6 is 12.4 Å². The third-order valence-electron chi connectivity index (χ3n) is 3.41. The molecule has 4 heteroatoms. The zero-order valence-corrected chi connectivity index (χ0v) is 10.8. The Morgan fingerprint density at radius 1 is 1.56 bits per heavy atom. The molecule has 2 rings (SSSR count). The smallest absolute Gasteiger partial charge is 0.120 e. The molecule has 1 aromatic rings. The van der Waals surface area contributed by atoms with E-state index in [0.29, 0.717) is 12.1 Å². The maximum atomic E-state index is 5.45. The number of nitrogens with zero attached hydrogens (tertiary/aromatic N) is 1. The summed E-state index contributed by atoms with van der Waals surface area (Å²) in [4.78, 5) is 2.41. The van der Waals surface area contributed by atoms with Gasteiger partial charge in [0.1, 0.15) is 5.76 Å². The van der Waals surface area contributed by atoms with Crippen LogP contribution in [0.4, 0.5) is 0 Å². The molecule has 0 aromatic carbocycles. The first-order valence-corrected chi connectivity index (χ1v) is 5.75. The summed E-state index contributed by atoms with van der Waals surface area (Å²) < 4.78 is 5.45. The van der Waals surface area contributed by atoms with Gasteiger partial charge in [-0.1, -0.05) is 0 Å². The highest BCUT2D eigenvalue weighted by atomic mass is 35.5. The minimum absolute atomic E-state index is 0. The molecule has 2 heterocycles. The molecule has 1 fully saturated rings. The van der Waals surface area contributed by atoms with E-state index in [1.165, 1.54) is 19.4 Å². The molecular formula is C12H21ClN2O. The molecule has 92 valence electrons. The summed E-state index contributed by atoms with van der Waals surface area (Å²) in [6, 6.07) is 5.01. The lowest BCUT2D eigenvalue weighted by atomic mass is 10.0. The molecule has 2 atom stereocenters. The molecule has 1 aliphatic heterocycles. The van der Waals surface area contributed by atoms with Crippen molar-refractivity contribution in [3.8, 4) is 0 Å². The van der Waals surface area contributed by atoms with E-state index in [1.807, 2.05) is 6.07 Å². The Balaban J connectivity index is 0.00000128. The molecule has 0 radical (unpaired) electrons. The number of nitrogens with one attached hydrogen (secondary N) is 1. The molecule has 1 aliphatic rings. The third-order valence-corrected chi connectivity index (χ3v) is 3.41. The molecule has 0 amide bonds. The first-order valence-electron chi connectivity index (χ1n) is 5.75. The maximum absolute atomic E-state index is 5.45. The average Bonchev–Trinajstić information content (AvgIpc) is 2.82. The predicted molar refractivity (Wildman–Crippen MR) is 68.0 cm³/mol. The predicted octanol–water partition coefficient (Wildman–Crippen LogP) is 2.45. The first-order chi connectivity index (χ1) is 7.29. The Kier molecular flexibility index (Phi) is 5.32. The molecular weight excluding hydrogens is 224 g/mol. The first kappa shape index (κ1) is 13.6. The number of furan rings is 1. The van der Waals surface area contributed by atoms with Crippen LogP contribution in [0.1, 0.15) is 31.6 Å². The van der Waals surface area contributed by atoms with Crippen LogP contribution in [0.3, 0.4) is 0 Å². The summed E-state index contributed by atoms with van der Waals surface area (Å²) in [6.45, 7) is 4.47. The SMILES string of the molecule is CC(c1ccco1)N(C)[C@H]1CCCNC1.Cl. The summed E-state index contributed by atoms with van der Waals surface area (Å²) in [7, 11) is 2.19. The van der Waals surface area contributed by atoms with E-state index < -0.39 is 0 Å². The maximum Gasteiger partial charge on any atom is 0.120 e. The summed E-state index contributed by atoms with van der Waals surface area (Å²) in [5.41, 5.74) is 0. The van der Waals surface area contributed by atoms with E-state index in [-0.39, 0.29) is 12.4 Å². The second-order valence-electron chi connectivity index (χ2n) is 4.36. The molecule has 1 N–H and O–H groups in total. The van der Waals surface area contributed by atoms with Crippen molar-refractivity contribution in [3.05, 3.63) is 24.2 Å². The average molecular weight is 245 g/mol. The second-order valence-corrected chi connectivity index (χ2v) is 4.36. The Morgan fingerprint density at radius 2 is 2.38 bits per heavy atom. The van der Waals surface area contributed by atoms with Crippen molar-refractivity contribution in [1.82, 2.24) is 10.2 Å². The number of likely N-dealkylation sites (N-methyl/N-ethyl adjacent to an activating group) is 1. The van der Waals surface area contributed by atoms with Crippen LogP contribution < -0.4 is 5.32 Å². The van der Waals surface area contributed by atoms with E-state index in [1.54, 1.807) is 6.26 Å². The van der Waals surface area contributed by atoms with E-state index >= 15 is 0 Å². The lowest BCUT2D eigenvalue weighted by molar-refractivity contribution is 0.141. The molecule has 1 aromatic heterocycles. The van der Waals surface area contributed by atoms with Gasteiger partial charge >= 0.3 is 0 Å². The number of hydrogen-bond acceptors (Lipinski definition) is 3. The Bertz CT molecular complexity index is 283. The number of halogens is 1.